The average molecular weight is 468 g/mol. The van der Waals surface area contributed by atoms with Gasteiger partial charge in [-0.05, 0) is 47.0 Å². The van der Waals surface area contributed by atoms with Crippen LogP contribution in [0.2, 0.25) is 5.04 Å². The Labute approximate surface area is 201 Å². The molecule has 1 aliphatic heterocycles. The van der Waals surface area contributed by atoms with E-state index in [0.29, 0.717) is 18.9 Å². The van der Waals surface area contributed by atoms with Crippen molar-refractivity contribution in [3.8, 4) is 0 Å². The Kier molecular flexibility index (Phi) is 8.91. The molecule has 1 heterocycles. The van der Waals surface area contributed by atoms with Gasteiger partial charge in [-0.1, -0.05) is 81.4 Å². The van der Waals surface area contributed by atoms with Gasteiger partial charge in [-0.15, -0.1) is 0 Å². The summed E-state index contributed by atoms with van der Waals surface area (Å²) in [6, 6.07) is 21.6. The third-order valence-electron chi connectivity index (χ3n) is 6.83. The largest absolute Gasteiger partial charge is 0.407 e. The molecule has 3 rings (SSSR count). The smallest absolute Gasteiger partial charge is 0.261 e. The Hall–Kier alpha value is -1.95. The number of hydrogen-bond donors (Lipinski definition) is 0. The first kappa shape index (κ1) is 25.7. The molecule has 1 amide bonds. The van der Waals surface area contributed by atoms with Gasteiger partial charge >= 0.3 is 0 Å². The molecule has 2 aromatic carbocycles. The van der Waals surface area contributed by atoms with Gasteiger partial charge in [-0.2, -0.15) is 0 Å². The van der Waals surface area contributed by atoms with E-state index in [-0.39, 0.29) is 17.0 Å². The number of ether oxygens (including phenoxy) is 1. The number of nitrogens with zero attached hydrogens (tertiary/aromatic N) is 1. The van der Waals surface area contributed by atoms with Crippen molar-refractivity contribution in [3.63, 3.8) is 0 Å². The summed E-state index contributed by atoms with van der Waals surface area (Å²) < 4.78 is 13.1. The number of amides is 1. The van der Waals surface area contributed by atoms with Crippen molar-refractivity contribution in [1.29, 1.82) is 0 Å². The second-order valence-electron chi connectivity index (χ2n) is 10.5. The summed E-state index contributed by atoms with van der Waals surface area (Å²) in [5.41, 5.74) is 0. The molecule has 1 fully saturated rings. The van der Waals surface area contributed by atoms with Crippen molar-refractivity contribution in [2.45, 2.75) is 64.0 Å². The highest BCUT2D eigenvalue weighted by molar-refractivity contribution is 6.99. The van der Waals surface area contributed by atoms with E-state index in [2.05, 4.69) is 81.4 Å². The van der Waals surface area contributed by atoms with E-state index in [1.54, 1.807) is 4.90 Å². The molecule has 0 bridgehead atoms. The lowest BCUT2D eigenvalue weighted by Crippen LogP contribution is -2.66. The lowest BCUT2D eigenvalue weighted by molar-refractivity contribution is -0.131. The van der Waals surface area contributed by atoms with Crippen LogP contribution in [0.25, 0.3) is 0 Å². The van der Waals surface area contributed by atoms with Crippen LogP contribution in [-0.4, -0.2) is 52.5 Å². The topological polar surface area (TPSA) is 38.8 Å². The molecule has 0 spiro atoms. The molecular formula is C28H41NO3Si. The van der Waals surface area contributed by atoms with Crippen molar-refractivity contribution < 1.29 is 14.0 Å². The van der Waals surface area contributed by atoms with E-state index in [1.165, 1.54) is 10.4 Å². The van der Waals surface area contributed by atoms with Gasteiger partial charge in [0.15, 0.2) is 0 Å². The van der Waals surface area contributed by atoms with Gasteiger partial charge in [0, 0.05) is 27.1 Å². The Bertz CT molecular complexity index is 816. The molecule has 0 saturated carbocycles. The van der Waals surface area contributed by atoms with Gasteiger partial charge in [-0.3, -0.25) is 4.79 Å². The van der Waals surface area contributed by atoms with Gasteiger partial charge in [0.05, 0.1) is 12.7 Å². The molecule has 2 aromatic rings. The van der Waals surface area contributed by atoms with Crippen LogP contribution in [0.4, 0.5) is 0 Å². The molecule has 33 heavy (non-hydrogen) atoms. The number of hydrogen-bond acceptors (Lipinski definition) is 3. The average Bonchev–Trinajstić information content (AvgIpc) is 2.80. The standard InChI is InChI=1S/C28H41NO3Si/c1-28(2,3)33(25-14-8-6-9-15-25,26-16-10-7-11-17-26)32-20-12-13-24-19-18-23(22-31-24)21-27(30)29(4)5/h6-11,14-17,23-24H,12-13,18-22H2,1-5H3/t23-,24+/m1/s1. The van der Waals surface area contributed by atoms with Crippen molar-refractivity contribution in [3.05, 3.63) is 60.7 Å². The number of benzene rings is 2. The summed E-state index contributed by atoms with van der Waals surface area (Å²) in [5, 5.41) is 2.65. The van der Waals surface area contributed by atoms with E-state index >= 15 is 0 Å². The van der Waals surface area contributed by atoms with Crippen LogP contribution in [0.15, 0.2) is 60.7 Å². The first-order valence-electron chi connectivity index (χ1n) is 12.3. The molecular weight excluding hydrogens is 426 g/mol. The quantitative estimate of drug-likeness (QED) is 0.399. The van der Waals surface area contributed by atoms with Gasteiger partial charge < -0.3 is 14.1 Å². The lowest BCUT2D eigenvalue weighted by Gasteiger charge is -2.43. The number of rotatable bonds is 9. The fourth-order valence-electron chi connectivity index (χ4n) is 4.98. The van der Waals surface area contributed by atoms with E-state index in [0.717, 1.165) is 32.3 Å². The Morgan fingerprint density at radius 1 is 1.00 bits per heavy atom. The van der Waals surface area contributed by atoms with Crippen LogP contribution < -0.4 is 10.4 Å². The minimum atomic E-state index is -2.46. The molecule has 180 valence electrons. The van der Waals surface area contributed by atoms with Crippen molar-refractivity contribution in [2.75, 3.05) is 27.3 Å². The molecule has 0 N–H and O–H groups in total. The van der Waals surface area contributed by atoms with E-state index in [4.69, 9.17) is 9.16 Å². The zero-order chi connectivity index (χ0) is 23.9. The second-order valence-corrected chi connectivity index (χ2v) is 14.9. The molecule has 1 aliphatic rings. The van der Waals surface area contributed by atoms with Crippen molar-refractivity contribution in [2.24, 2.45) is 5.92 Å². The zero-order valence-corrected chi connectivity index (χ0v) is 22.0. The summed E-state index contributed by atoms with van der Waals surface area (Å²) in [6.45, 7) is 8.38. The molecule has 0 aliphatic carbocycles. The SMILES string of the molecule is CN(C)C(=O)C[C@H]1CC[C@H](CCCO[Si](c2ccccc2)(c2ccccc2)C(C)(C)C)OC1. The normalized spacial score (nSPS) is 19.3. The third-order valence-corrected chi connectivity index (χ3v) is 11.9. The fraction of sp³-hybridized carbons (Fsp3) is 0.536. The molecule has 4 nitrogen and oxygen atoms in total. The highest BCUT2D eigenvalue weighted by Gasteiger charge is 2.49. The highest BCUT2D eigenvalue weighted by Crippen LogP contribution is 2.37. The van der Waals surface area contributed by atoms with Crippen molar-refractivity contribution in [1.82, 2.24) is 4.90 Å². The van der Waals surface area contributed by atoms with Crippen LogP contribution >= 0.6 is 0 Å². The molecule has 5 heteroatoms. The monoisotopic (exact) mass is 467 g/mol. The molecule has 0 unspecified atom stereocenters. The predicted octanol–water partition coefficient (Wildman–Crippen LogP) is 4.62. The van der Waals surface area contributed by atoms with E-state index < -0.39 is 8.32 Å². The molecule has 2 atom stereocenters. The summed E-state index contributed by atoms with van der Waals surface area (Å²) in [6.07, 6.45) is 4.96. The second kappa shape index (κ2) is 11.5. The highest BCUT2D eigenvalue weighted by atomic mass is 28.4. The Morgan fingerprint density at radius 3 is 2.03 bits per heavy atom. The first-order chi connectivity index (χ1) is 15.7. The van der Waals surface area contributed by atoms with Crippen LogP contribution in [0, 0.1) is 5.92 Å². The first-order valence-corrected chi connectivity index (χ1v) is 14.2. The van der Waals surface area contributed by atoms with Crippen LogP contribution in [0.3, 0.4) is 0 Å². The van der Waals surface area contributed by atoms with Gasteiger partial charge in [0.25, 0.3) is 8.32 Å². The minimum absolute atomic E-state index is 0.00322. The minimum Gasteiger partial charge on any atom is -0.407 e. The maximum absolute atomic E-state index is 12.0. The third kappa shape index (κ3) is 6.34. The van der Waals surface area contributed by atoms with Gasteiger partial charge in [0.1, 0.15) is 0 Å². The zero-order valence-electron chi connectivity index (χ0n) is 21.0. The summed E-state index contributed by atoms with van der Waals surface area (Å²) in [5.74, 6) is 0.547. The van der Waals surface area contributed by atoms with E-state index in [9.17, 15) is 4.79 Å². The summed E-state index contributed by atoms with van der Waals surface area (Å²) in [4.78, 5) is 13.6. The molecule has 0 aromatic heterocycles. The van der Waals surface area contributed by atoms with Crippen LogP contribution in [0.5, 0.6) is 0 Å². The maximum Gasteiger partial charge on any atom is 0.261 e. The van der Waals surface area contributed by atoms with Crippen LogP contribution in [0.1, 0.15) is 52.9 Å². The van der Waals surface area contributed by atoms with Gasteiger partial charge in [0.2, 0.25) is 5.91 Å². The molecule has 0 radical (unpaired) electrons. The van der Waals surface area contributed by atoms with Gasteiger partial charge in [-0.25, -0.2) is 0 Å². The lowest BCUT2D eigenvalue weighted by atomic mass is 9.93. The fourth-order valence-corrected chi connectivity index (χ4v) is 9.58. The summed E-state index contributed by atoms with van der Waals surface area (Å²) >= 11 is 0. The van der Waals surface area contributed by atoms with E-state index in [1.807, 2.05) is 14.1 Å². The summed E-state index contributed by atoms with van der Waals surface area (Å²) in [7, 11) is 1.18. The Balaban J connectivity index is 1.62. The predicted molar refractivity (Wildman–Crippen MR) is 139 cm³/mol. The van der Waals surface area contributed by atoms with Crippen molar-refractivity contribution >= 4 is 24.6 Å². The van der Waals surface area contributed by atoms with Crippen LogP contribution in [-0.2, 0) is 14.0 Å². The number of carbonyl (C=O) groups is 1. The molecule has 1 saturated heterocycles. The maximum atomic E-state index is 12.0. The Morgan fingerprint density at radius 2 is 1.58 bits per heavy atom. The number of carbonyl (C=O) groups excluding carboxylic acids is 1.